The van der Waals surface area contributed by atoms with Gasteiger partial charge in [-0.05, 0) is 24.3 Å². The number of anilines is 1. The molecule has 0 fully saturated rings. The summed E-state index contributed by atoms with van der Waals surface area (Å²) < 4.78 is 0. The number of carbonyl (C=O) groups is 1. The van der Waals surface area contributed by atoms with Gasteiger partial charge in [0.25, 0.3) is 11.5 Å². The summed E-state index contributed by atoms with van der Waals surface area (Å²) in [7, 11) is 0. The topological polar surface area (TPSA) is 127 Å². The van der Waals surface area contributed by atoms with E-state index >= 15 is 0 Å². The third-order valence-corrected chi connectivity index (χ3v) is 2.81. The Morgan fingerprint density at radius 3 is 2.45 bits per heavy atom. The number of hydrogen-bond donors (Lipinski definition) is 2. The highest BCUT2D eigenvalue weighted by atomic mass is 35.5. The largest absolute Gasteiger partial charge is 0.412 e. The van der Waals surface area contributed by atoms with Crippen LogP contribution < -0.4 is 21.1 Å². The zero-order chi connectivity index (χ0) is 15.4. The molecule has 0 aliphatic carbocycles. The Hall–Kier alpha value is -2.58. The summed E-state index contributed by atoms with van der Waals surface area (Å²) in [5.41, 5.74) is -1.51. The molecule has 1 aromatic heterocycles. The molecule has 0 aliphatic heterocycles. The van der Waals surface area contributed by atoms with Crippen LogP contribution in [0.15, 0.2) is 40.1 Å². The lowest BCUT2D eigenvalue weighted by Gasteiger charge is -2.20. The minimum Gasteiger partial charge on any atom is -0.412 e. The number of H-pyrrole nitrogens is 2. The minimum atomic E-state index is -0.727. The maximum Gasteiger partial charge on any atom is 0.325 e. The number of nitrogens with one attached hydrogen (secondary N) is 2. The van der Waals surface area contributed by atoms with Crippen LogP contribution in [0.4, 0.5) is 5.69 Å². The fourth-order valence-corrected chi connectivity index (χ4v) is 1.66. The number of amides is 1. The van der Waals surface area contributed by atoms with Crippen molar-refractivity contribution in [1.29, 1.82) is 0 Å². The Bertz CT molecular complexity index is 753. The average Bonchev–Trinajstić information content (AvgIpc) is 2.47. The van der Waals surface area contributed by atoms with Crippen LogP contribution >= 0.6 is 11.6 Å². The Morgan fingerprint density at radius 1 is 1.27 bits per heavy atom. The van der Waals surface area contributed by atoms with Crippen molar-refractivity contribution in [3.8, 4) is 5.75 Å². The molecule has 0 saturated carbocycles. The predicted molar refractivity (Wildman–Crippen MR) is 81.2 cm³/mol. The summed E-state index contributed by atoms with van der Waals surface area (Å²) in [6.45, 7) is 1.63. The van der Waals surface area contributed by atoms with Crippen molar-refractivity contribution < 1.29 is 15.1 Å². The molecular formula is C13H14ClN3O5. The number of carbonyl (C=O) groups excluding carboxylic acids is 1. The van der Waals surface area contributed by atoms with Gasteiger partial charge in [-0.3, -0.25) is 14.6 Å². The second kappa shape index (κ2) is 7.43. The Morgan fingerprint density at radius 2 is 1.91 bits per heavy atom. The summed E-state index contributed by atoms with van der Waals surface area (Å²) >= 11 is 5.77. The average molecular weight is 328 g/mol. The number of benzene rings is 1. The molecule has 0 saturated heterocycles. The molecule has 0 aliphatic rings. The highest BCUT2D eigenvalue weighted by Crippen LogP contribution is 2.18. The van der Waals surface area contributed by atoms with E-state index in [0.29, 0.717) is 10.8 Å². The van der Waals surface area contributed by atoms with Gasteiger partial charge in [0, 0.05) is 17.6 Å². The third kappa shape index (κ3) is 3.96. The van der Waals surface area contributed by atoms with Crippen molar-refractivity contribution in [2.75, 3.05) is 5.06 Å². The molecule has 1 amide bonds. The molecule has 0 atom stereocenters. The number of halogens is 1. The third-order valence-electron chi connectivity index (χ3n) is 2.56. The van der Waals surface area contributed by atoms with Crippen molar-refractivity contribution in [3.05, 3.63) is 56.3 Å². The molecule has 9 heteroatoms. The van der Waals surface area contributed by atoms with Crippen LogP contribution in [0.1, 0.15) is 13.3 Å². The zero-order valence-corrected chi connectivity index (χ0v) is 12.3. The fourth-order valence-electron chi connectivity index (χ4n) is 1.53. The van der Waals surface area contributed by atoms with E-state index < -0.39 is 17.2 Å². The number of nitrogens with zero attached hydrogens (tertiary/aromatic N) is 1. The molecule has 118 valence electrons. The van der Waals surface area contributed by atoms with E-state index in [2.05, 4.69) is 4.98 Å². The van der Waals surface area contributed by atoms with Crippen LogP contribution in [0.3, 0.4) is 0 Å². The lowest BCUT2D eigenvalue weighted by atomic mass is 10.3. The molecule has 1 aromatic carbocycles. The van der Waals surface area contributed by atoms with Crippen LogP contribution in [0.25, 0.3) is 0 Å². The van der Waals surface area contributed by atoms with Crippen LogP contribution in [0.2, 0.25) is 5.02 Å². The Kier molecular flexibility index (Phi) is 5.90. The van der Waals surface area contributed by atoms with Gasteiger partial charge in [0.05, 0.1) is 0 Å². The van der Waals surface area contributed by atoms with E-state index in [9.17, 15) is 14.4 Å². The first-order valence-corrected chi connectivity index (χ1v) is 6.47. The zero-order valence-electron chi connectivity index (χ0n) is 11.6. The number of hydrogen-bond acceptors (Lipinski definition) is 4. The molecule has 0 spiro atoms. The van der Waals surface area contributed by atoms with E-state index in [1.165, 1.54) is 0 Å². The van der Waals surface area contributed by atoms with Crippen molar-refractivity contribution in [3.63, 3.8) is 0 Å². The van der Waals surface area contributed by atoms with E-state index in [-0.39, 0.29) is 17.6 Å². The molecule has 8 nitrogen and oxygen atoms in total. The normalized spacial score (nSPS) is 9.73. The van der Waals surface area contributed by atoms with Gasteiger partial charge in [0.2, 0.25) is 0 Å². The Labute approximate surface area is 129 Å². The monoisotopic (exact) mass is 327 g/mol. The van der Waals surface area contributed by atoms with Gasteiger partial charge < -0.3 is 15.3 Å². The van der Waals surface area contributed by atoms with Crippen LogP contribution in [0, 0.1) is 0 Å². The van der Waals surface area contributed by atoms with Gasteiger partial charge in [0.1, 0.15) is 0 Å². The standard InChI is InChI=1S/C13H12ClN3O4.H2O/c1-2-11(18)17(10-7-15-13(20)16-12(10)19)21-9-5-3-8(14)4-6-9;/h3-7H,2H2,1H3,(H2,15,16,19,20);1H2. The summed E-state index contributed by atoms with van der Waals surface area (Å²) in [6, 6.07) is 6.28. The van der Waals surface area contributed by atoms with E-state index in [4.69, 9.17) is 16.4 Å². The minimum absolute atomic E-state index is 0. The molecule has 4 N–H and O–H groups in total. The van der Waals surface area contributed by atoms with Crippen LogP contribution in [-0.4, -0.2) is 21.4 Å². The molecule has 2 aromatic rings. The second-order valence-electron chi connectivity index (χ2n) is 4.04. The van der Waals surface area contributed by atoms with Crippen molar-refractivity contribution in [2.45, 2.75) is 13.3 Å². The Balaban J connectivity index is 0.00000242. The van der Waals surface area contributed by atoms with Gasteiger partial charge in [-0.2, -0.15) is 0 Å². The summed E-state index contributed by atoms with van der Waals surface area (Å²) in [6.07, 6.45) is 1.23. The van der Waals surface area contributed by atoms with Crippen LogP contribution in [0.5, 0.6) is 5.75 Å². The molecule has 1 heterocycles. The summed E-state index contributed by atoms with van der Waals surface area (Å²) in [5.74, 6) is -0.116. The lowest BCUT2D eigenvalue weighted by molar-refractivity contribution is -0.122. The SMILES string of the molecule is CCC(=O)N(Oc1ccc(Cl)cc1)c1c[nH]c(=O)[nH]c1=O.O. The van der Waals surface area contributed by atoms with E-state index in [0.717, 1.165) is 11.3 Å². The van der Waals surface area contributed by atoms with Crippen molar-refractivity contribution >= 4 is 23.2 Å². The predicted octanol–water partition coefficient (Wildman–Crippen LogP) is 0.629. The quantitative estimate of drug-likeness (QED) is 0.798. The molecule has 22 heavy (non-hydrogen) atoms. The summed E-state index contributed by atoms with van der Waals surface area (Å²) in [4.78, 5) is 44.5. The first kappa shape index (κ1) is 17.5. The molecular weight excluding hydrogens is 314 g/mol. The maximum absolute atomic E-state index is 12.0. The van der Waals surface area contributed by atoms with Gasteiger partial charge in [0.15, 0.2) is 11.4 Å². The molecule has 0 bridgehead atoms. The highest BCUT2D eigenvalue weighted by Gasteiger charge is 2.20. The second-order valence-corrected chi connectivity index (χ2v) is 4.48. The lowest BCUT2D eigenvalue weighted by Crippen LogP contribution is -2.39. The first-order valence-electron chi connectivity index (χ1n) is 6.09. The van der Waals surface area contributed by atoms with E-state index in [1.54, 1.807) is 31.2 Å². The maximum atomic E-state index is 12.0. The fraction of sp³-hybridized carbons (Fsp3) is 0.154. The van der Waals surface area contributed by atoms with Gasteiger partial charge >= 0.3 is 5.69 Å². The number of hydroxylamine groups is 1. The van der Waals surface area contributed by atoms with Gasteiger partial charge in [-0.15, -0.1) is 5.06 Å². The van der Waals surface area contributed by atoms with E-state index in [1.807, 2.05) is 4.98 Å². The molecule has 0 radical (unpaired) electrons. The first-order chi connectivity index (χ1) is 10.0. The number of aromatic amines is 2. The van der Waals surface area contributed by atoms with Crippen molar-refractivity contribution in [1.82, 2.24) is 9.97 Å². The number of aromatic nitrogens is 2. The van der Waals surface area contributed by atoms with Crippen molar-refractivity contribution in [2.24, 2.45) is 0 Å². The molecule has 2 rings (SSSR count). The summed E-state index contributed by atoms with van der Waals surface area (Å²) in [5, 5.41) is 1.34. The number of rotatable bonds is 4. The van der Waals surface area contributed by atoms with Gasteiger partial charge in [-0.25, -0.2) is 4.79 Å². The van der Waals surface area contributed by atoms with Crippen LogP contribution in [-0.2, 0) is 4.79 Å². The highest BCUT2D eigenvalue weighted by molar-refractivity contribution is 6.30. The smallest absolute Gasteiger partial charge is 0.325 e. The van der Waals surface area contributed by atoms with Gasteiger partial charge in [-0.1, -0.05) is 18.5 Å². The molecule has 0 unspecified atom stereocenters.